The lowest BCUT2D eigenvalue weighted by atomic mass is 9.91. The fourth-order valence-corrected chi connectivity index (χ4v) is 4.16. The van der Waals surface area contributed by atoms with Crippen molar-refractivity contribution < 1.29 is 9.90 Å². The Balaban J connectivity index is 1.67. The number of piperidine rings is 2. The van der Waals surface area contributed by atoms with Gasteiger partial charge in [-0.25, -0.2) is 0 Å². The highest BCUT2D eigenvalue weighted by molar-refractivity contribution is 5.73. The molecule has 0 aromatic carbocycles. The summed E-state index contributed by atoms with van der Waals surface area (Å²) in [6.45, 7) is 3.44. The van der Waals surface area contributed by atoms with Crippen molar-refractivity contribution in [3.05, 3.63) is 0 Å². The average Bonchev–Trinajstić information content (AvgIpc) is 2.85. The van der Waals surface area contributed by atoms with Crippen LogP contribution in [0, 0.1) is 0 Å². The molecule has 0 amide bonds. The van der Waals surface area contributed by atoms with Crippen molar-refractivity contribution in [1.82, 2.24) is 9.80 Å². The van der Waals surface area contributed by atoms with Crippen LogP contribution in [0.3, 0.4) is 0 Å². The minimum Gasteiger partial charge on any atom is -0.480 e. The smallest absolute Gasteiger partial charge is 0.320 e. The van der Waals surface area contributed by atoms with E-state index in [4.69, 9.17) is 0 Å². The SMILES string of the molecule is O=C(O)C1CCCCN1C1CCN2CCCC2C1. The standard InChI is InChI=1S/C14H24N2O2/c17-14(18)13-5-1-2-8-16(13)12-6-9-15-7-3-4-11(15)10-12/h11-13H,1-10H2,(H,17,18). The van der Waals surface area contributed by atoms with E-state index in [1.807, 2.05) is 0 Å². The van der Waals surface area contributed by atoms with Gasteiger partial charge in [-0.1, -0.05) is 6.42 Å². The highest BCUT2D eigenvalue weighted by atomic mass is 16.4. The third-order valence-corrected chi connectivity index (χ3v) is 5.09. The number of carboxylic acids is 1. The largest absolute Gasteiger partial charge is 0.480 e. The number of carboxylic acid groups (broad SMARTS) is 1. The number of rotatable bonds is 2. The molecule has 1 N–H and O–H groups in total. The molecule has 0 aromatic heterocycles. The summed E-state index contributed by atoms with van der Waals surface area (Å²) in [7, 11) is 0. The minimum absolute atomic E-state index is 0.211. The van der Waals surface area contributed by atoms with E-state index >= 15 is 0 Å². The molecule has 0 radical (unpaired) electrons. The van der Waals surface area contributed by atoms with Crippen molar-refractivity contribution in [2.45, 2.75) is 63.1 Å². The molecule has 18 heavy (non-hydrogen) atoms. The van der Waals surface area contributed by atoms with E-state index in [9.17, 15) is 9.90 Å². The van der Waals surface area contributed by atoms with Crippen molar-refractivity contribution in [2.24, 2.45) is 0 Å². The van der Waals surface area contributed by atoms with E-state index in [1.54, 1.807) is 0 Å². The van der Waals surface area contributed by atoms with Gasteiger partial charge in [0.15, 0.2) is 0 Å². The molecule has 3 fully saturated rings. The molecule has 0 bridgehead atoms. The Morgan fingerprint density at radius 2 is 1.83 bits per heavy atom. The molecule has 3 saturated heterocycles. The van der Waals surface area contributed by atoms with E-state index in [0.717, 1.165) is 25.4 Å². The molecule has 3 rings (SSSR count). The number of fused-ring (bicyclic) bond motifs is 1. The lowest BCUT2D eigenvalue weighted by molar-refractivity contribution is -0.146. The van der Waals surface area contributed by atoms with Crippen LogP contribution in [0.4, 0.5) is 0 Å². The summed E-state index contributed by atoms with van der Waals surface area (Å²) >= 11 is 0. The van der Waals surface area contributed by atoms with E-state index in [-0.39, 0.29) is 6.04 Å². The Hall–Kier alpha value is -0.610. The molecule has 0 aromatic rings. The van der Waals surface area contributed by atoms with Gasteiger partial charge in [-0.3, -0.25) is 9.69 Å². The summed E-state index contributed by atoms with van der Waals surface area (Å²) in [4.78, 5) is 16.3. The Morgan fingerprint density at radius 3 is 2.67 bits per heavy atom. The molecule has 102 valence electrons. The van der Waals surface area contributed by atoms with E-state index < -0.39 is 5.97 Å². The van der Waals surface area contributed by atoms with Crippen LogP contribution in [0.2, 0.25) is 0 Å². The Bertz CT molecular complexity index is 321. The molecule has 3 aliphatic heterocycles. The Kier molecular flexibility index (Phi) is 3.57. The summed E-state index contributed by atoms with van der Waals surface area (Å²) in [5.41, 5.74) is 0. The van der Waals surface area contributed by atoms with Gasteiger partial charge in [-0.05, 0) is 58.2 Å². The zero-order valence-corrected chi connectivity index (χ0v) is 11.1. The predicted octanol–water partition coefficient (Wildman–Crippen LogP) is 1.55. The highest BCUT2D eigenvalue weighted by Gasteiger charge is 2.39. The van der Waals surface area contributed by atoms with Gasteiger partial charge < -0.3 is 10.0 Å². The van der Waals surface area contributed by atoms with Crippen LogP contribution in [-0.2, 0) is 4.79 Å². The maximum atomic E-state index is 11.4. The van der Waals surface area contributed by atoms with Crippen LogP contribution in [0.1, 0.15) is 44.9 Å². The molecule has 0 aliphatic carbocycles. The molecule has 4 nitrogen and oxygen atoms in total. The number of likely N-dealkylation sites (tertiary alicyclic amines) is 1. The van der Waals surface area contributed by atoms with E-state index in [1.165, 1.54) is 45.2 Å². The monoisotopic (exact) mass is 252 g/mol. The van der Waals surface area contributed by atoms with Gasteiger partial charge in [0.1, 0.15) is 6.04 Å². The second-order valence-corrected chi connectivity index (χ2v) is 6.10. The summed E-state index contributed by atoms with van der Waals surface area (Å²) in [5, 5.41) is 9.37. The number of hydrogen-bond acceptors (Lipinski definition) is 3. The van der Waals surface area contributed by atoms with Crippen LogP contribution in [0.15, 0.2) is 0 Å². The Morgan fingerprint density at radius 1 is 0.944 bits per heavy atom. The van der Waals surface area contributed by atoms with Gasteiger partial charge in [0.05, 0.1) is 0 Å². The highest BCUT2D eigenvalue weighted by Crippen LogP contribution is 2.32. The molecular weight excluding hydrogens is 228 g/mol. The van der Waals surface area contributed by atoms with Gasteiger partial charge in [-0.15, -0.1) is 0 Å². The average molecular weight is 252 g/mol. The molecule has 3 unspecified atom stereocenters. The molecule has 3 heterocycles. The first-order valence-electron chi connectivity index (χ1n) is 7.48. The van der Waals surface area contributed by atoms with Crippen molar-refractivity contribution in [3.8, 4) is 0 Å². The zero-order valence-electron chi connectivity index (χ0n) is 11.1. The second-order valence-electron chi connectivity index (χ2n) is 6.10. The Labute approximate surface area is 109 Å². The molecular formula is C14H24N2O2. The molecule has 0 saturated carbocycles. The third-order valence-electron chi connectivity index (χ3n) is 5.09. The summed E-state index contributed by atoms with van der Waals surface area (Å²) < 4.78 is 0. The lowest BCUT2D eigenvalue weighted by Crippen LogP contribution is -2.54. The second kappa shape index (κ2) is 5.17. The van der Waals surface area contributed by atoms with E-state index in [0.29, 0.717) is 6.04 Å². The predicted molar refractivity (Wildman–Crippen MR) is 69.6 cm³/mol. The van der Waals surface area contributed by atoms with Crippen molar-refractivity contribution in [3.63, 3.8) is 0 Å². The van der Waals surface area contributed by atoms with Crippen molar-refractivity contribution in [1.29, 1.82) is 0 Å². The first-order valence-corrected chi connectivity index (χ1v) is 7.48. The topological polar surface area (TPSA) is 43.8 Å². The first-order chi connectivity index (χ1) is 8.75. The van der Waals surface area contributed by atoms with Crippen molar-refractivity contribution >= 4 is 5.97 Å². The van der Waals surface area contributed by atoms with Crippen LogP contribution < -0.4 is 0 Å². The molecule has 4 heteroatoms. The fraction of sp³-hybridized carbons (Fsp3) is 0.929. The molecule has 3 aliphatic rings. The van der Waals surface area contributed by atoms with Crippen LogP contribution in [-0.4, -0.2) is 58.6 Å². The van der Waals surface area contributed by atoms with Gasteiger partial charge in [-0.2, -0.15) is 0 Å². The van der Waals surface area contributed by atoms with E-state index in [2.05, 4.69) is 9.80 Å². The lowest BCUT2D eigenvalue weighted by Gasteiger charge is -2.44. The van der Waals surface area contributed by atoms with Crippen molar-refractivity contribution in [2.75, 3.05) is 19.6 Å². The number of nitrogens with zero attached hydrogens (tertiary/aromatic N) is 2. The molecule has 0 spiro atoms. The van der Waals surface area contributed by atoms with Gasteiger partial charge in [0.25, 0.3) is 0 Å². The number of carbonyl (C=O) groups is 1. The normalized spacial score (nSPS) is 38.6. The first kappa shape index (κ1) is 12.4. The van der Waals surface area contributed by atoms with Gasteiger partial charge in [0.2, 0.25) is 0 Å². The maximum absolute atomic E-state index is 11.4. The third kappa shape index (κ3) is 2.28. The summed E-state index contributed by atoms with van der Waals surface area (Å²) in [6, 6.07) is 1.04. The number of hydrogen-bond donors (Lipinski definition) is 1. The number of aliphatic carboxylic acids is 1. The summed E-state index contributed by atoms with van der Waals surface area (Å²) in [6.07, 6.45) is 8.12. The van der Waals surface area contributed by atoms with Gasteiger partial charge in [0, 0.05) is 12.1 Å². The van der Waals surface area contributed by atoms with Crippen LogP contribution in [0.25, 0.3) is 0 Å². The quantitative estimate of drug-likeness (QED) is 0.810. The van der Waals surface area contributed by atoms with Gasteiger partial charge >= 0.3 is 5.97 Å². The van der Waals surface area contributed by atoms with Crippen LogP contribution >= 0.6 is 0 Å². The zero-order chi connectivity index (χ0) is 12.5. The molecule has 3 atom stereocenters. The maximum Gasteiger partial charge on any atom is 0.320 e. The van der Waals surface area contributed by atoms with Crippen LogP contribution in [0.5, 0.6) is 0 Å². The summed E-state index contributed by atoms with van der Waals surface area (Å²) in [5.74, 6) is -0.608. The minimum atomic E-state index is -0.608. The fourth-order valence-electron chi connectivity index (χ4n) is 4.16.